The van der Waals surface area contributed by atoms with Crippen molar-refractivity contribution in [2.45, 2.75) is 50.7 Å². The van der Waals surface area contributed by atoms with Gasteiger partial charge in [-0.05, 0) is 38.8 Å². The summed E-state index contributed by atoms with van der Waals surface area (Å²) in [7, 11) is 0. The predicted octanol–water partition coefficient (Wildman–Crippen LogP) is 4.39. The highest BCUT2D eigenvalue weighted by Gasteiger charge is 2.23. The molecule has 9 heteroatoms. The molecule has 0 atom stereocenters. The van der Waals surface area contributed by atoms with Crippen LogP contribution in [0.4, 0.5) is 15.8 Å². The Labute approximate surface area is 160 Å². The van der Waals surface area contributed by atoms with E-state index in [2.05, 4.69) is 14.9 Å². The standard InChI is InChI=1S/C18H21FN4O3S/c1-11-12(2)22(14-5-3-4-6-14)18(20-11)27-10-17(24)21-13-7-8-15(19)16(9-13)23(25)26/h7-9,14H,3-6,10H2,1-2H3,(H,21,24). The Morgan fingerprint density at radius 3 is 2.78 bits per heavy atom. The number of rotatable bonds is 6. The fourth-order valence-electron chi connectivity index (χ4n) is 3.35. The normalized spacial score (nSPS) is 14.5. The largest absolute Gasteiger partial charge is 0.325 e. The molecule has 0 bridgehead atoms. The highest BCUT2D eigenvalue weighted by molar-refractivity contribution is 7.99. The molecule has 1 N–H and O–H groups in total. The molecule has 2 aromatic rings. The zero-order valence-electron chi connectivity index (χ0n) is 15.2. The van der Waals surface area contributed by atoms with Crippen molar-refractivity contribution < 1.29 is 14.1 Å². The lowest BCUT2D eigenvalue weighted by Gasteiger charge is -2.16. The van der Waals surface area contributed by atoms with Gasteiger partial charge in [0.15, 0.2) is 5.16 Å². The second kappa shape index (κ2) is 8.08. The van der Waals surface area contributed by atoms with Crippen molar-refractivity contribution in [2.24, 2.45) is 0 Å². The van der Waals surface area contributed by atoms with Gasteiger partial charge in [-0.15, -0.1) is 0 Å². The first-order chi connectivity index (χ1) is 12.9. The zero-order chi connectivity index (χ0) is 19.6. The van der Waals surface area contributed by atoms with Crippen LogP contribution in [-0.2, 0) is 4.79 Å². The van der Waals surface area contributed by atoms with Gasteiger partial charge in [-0.2, -0.15) is 4.39 Å². The summed E-state index contributed by atoms with van der Waals surface area (Å²) in [5.41, 5.74) is 1.61. The average Bonchev–Trinajstić information content (AvgIpc) is 3.23. The molecule has 3 rings (SSSR count). The fourth-order valence-corrected chi connectivity index (χ4v) is 4.31. The molecule has 1 heterocycles. The Hall–Kier alpha value is -2.42. The molecule has 0 spiro atoms. The second-order valence-electron chi connectivity index (χ2n) is 6.63. The van der Waals surface area contributed by atoms with Gasteiger partial charge in [0.25, 0.3) is 0 Å². The van der Waals surface area contributed by atoms with Crippen molar-refractivity contribution in [3.63, 3.8) is 0 Å². The minimum absolute atomic E-state index is 0.119. The number of imidazole rings is 1. The summed E-state index contributed by atoms with van der Waals surface area (Å²) >= 11 is 1.34. The first-order valence-corrected chi connectivity index (χ1v) is 9.77. The van der Waals surface area contributed by atoms with E-state index in [1.165, 1.54) is 30.7 Å². The summed E-state index contributed by atoms with van der Waals surface area (Å²) < 4.78 is 15.6. The van der Waals surface area contributed by atoms with Gasteiger partial charge in [0, 0.05) is 23.5 Å². The molecule has 0 radical (unpaired) electrons. The van der Waals surface area contributed by atoms with Crippen molar-refractivity contribution in [1.29, 1.82) is 0 Å². The smallest absolute Gasteiger partial charge is 0.306 e. The van der Waals surface area contributed by atoms with Gasteiger partial charge >= 0.3 is 5.69 Å². The first-order valence-electron chi connectivity index (χ1n) is 8.79. The van der Waals surface area contributed by atoms with Crippen LogP contribution in [0.5, 0.6) is 0 Å². The lowest BCUT2D eigenvalue weighted by molar-refractivity contribution is -0.387. The van der Waals surface area contributed by atoms with Crippen LogP contribution in [0, 0.1) is 29.8 Å². The molecule has 1 fully saturated rings. The number of carbonyl (C=O) groups excluding carboxylic acids is 1. The Morgan fingerprint density at radius 1 is 1.41 bits per heavy atom. The van der Waals surface area contributed by atoms with E-state index in [1.807, 2.05) is 13.8 Å². The molecule has 0 unspecified atom stereocenters. The van der Waals surface area contributed by atoms with Crippen molar-refractivity contribution in [3.05, 3.63) is 45.5 Å². The molecular weight excluding hydrogens is 371 g/mol. The number of nitrogens with zero attached hydrogens (tertiary/aromatic N) is 3. The van der Waals surface area contributed by atoms with E-state index in [1.54, 1.807) is 0 Å². The molecule has 1 amide bonds. The number of aryl methyl sites for hydroxylation is 1. The van der Waals surface area contributed by atoms with E-state index in [0.29, 0.717) is 6.04 Å². The topological polar surface area (TPSA) is 90.1 Å². The van der Waals surface area contributed by atoms with Crippen LogP contribution in [-0.4, -0.2) is 26.1 Å². The van der Waals surface area contributed by atoms with Crippen molar-refractivity contribution in [3.8, 4) is 0 Å². The van der Waals surface area contributed by atoms with Gasteiger partial charge in [-0.3, -0.25) is 14.9 Å². The Balaban J connectivity index is 1.67. The minimum atomic E-state index is -0.933. The van der Waals surface area contributed by atoms with Crippen molar-refractivity contribution >= 4 is 29.0 Å². The maximum atomic E-state index is 13.4. The first kappa shape index (κ1) is 19.3. The molecule has 144 valence electrons. The van der Waals surface area contributed by atoms with Crippen LogP contribution in [0.25, 0.3) is 0 Å². The molecule has 27 heavy (non-hydrogen) atoms. The maximum absolute atomic E-state index is 13.4. The van der Waals surface area contributed by atoms with Gasteiger partial charge in [-0.25, -0.2) is 4.98 Å². The van der Waals surface area contributed by atoms with Gasteiger partial charge in [0.05, 0.1) is 16.4 Å². The van der Waals surface area contributed by atoms with Crippen LogP contribution in [0.1, 0.15) is 43.1 Å². The van der Waals surface area contributed by atoms with Crippen LogP contribution in [0.2, 0.25) is 0 Å². The summed E-state index contributed by atoms with van der Waals surface area (Å²) in [5, 5.41) is 14.2. The molecule has 1 aliphatic rings. The Morgan fingerprint density at radius 2 is 2.11 bits per heavy atom. The SMILES string of the molecule is Cc1nc(SCC(=O)Nc2ccc(F)c([N+](=O)[O-])c2)n(C2CCCC2)c1C. The number of hydrogen-bond acceptors (Lipinski definition) is 5. The van der Waals surface area contributed by atoms with Gasteiger partial charge in [0.2, 0.25) is 11.7 Å². The summed E-state index contributed by atoms with van der Waals surface area (Å²) in [4.78, 5) is 26.8. The molecule has 1 aromatic carbocycles. The number of carbonyl (C=O) groups is 1. The summed E-state index contributed by atoms with van der Waals surface area (Å²) in [6.07, 6.45) is 4.65. The minimum Gasteiger partial charge on any atom is -0.325 e. The van der Waals surface area contributed by atoms with Crippen LogP contribution < -0.4 is 5.32 Å². The molecule has 1 saturated carbocycles. The lowest BCUT2D eigenvalue weighted by Crippen LogP contribution is -2.15. The van der Waals surface area contributed by atoms with E-state index < -0.39 is 16.4 Å². The highest BCUT2D eigenvalue weighted by atomic mass is 32.2. The number of anilines is 1. The summed E-state index contributed by atoms with van der Waals surface area (Å²) in [5.74, 6) is -1.14. The van der Waals surface area contributed by atoms with Gasteiger partial charge in [-0.1, -0.05) is 24.6 Å². The third kappa shape index (κ3) is 4.29. The molecule has 0 saturated heterocycles. The number of nitrogens with one attached hydrogen (secondary N) is 1. The molecule has 0 aliphatic heterocycles. The van der Waals surface area contributed by atoms with Crippen LogP contribution >= 0.6 is 11.8 Å². The summed E-state index contributed by atoms with van der Waals surface area (Å²) in [6, 6.07) is 3.72. The molecule has 7 nitrogen and oxygen atoms in total. The second-order valence-corrected chi connectivity index (χ2v) is 7.58. The third-order valence-corrected chi connectivity index (χ3v) is 5.76. The number of nitro groups is 1. The number of aromatic nitrogens is 2. The molecule has 1 aliphatic carbocycles. The fraction of sp³-hybridized carbons (Fsp3) is 0.444. The van der Waals surface area contributed by atoms with E-state index in [4.69, 9.17) is 0 Å². The third-order valence-electron chi connectivity index (χ3n) is 4.80. The molecular formula is C18H21FN4O3S. The van der Waals surface area contributed by atoms with E-state index >= 15 is 0 Å². The van der Waals surface area contributed by atoms with Gasteiger partial charge < -0.3 is 9.88 Å². The Kier molecular flexibility index (Phi) is 5.79. The van der Waals surface area contributed by atoms with E-state index in [-0.39, 0.29) is 17.3 Å². The predicted molar refractivity (Wildman–Crippen MR) is 102 cm³/mol. The number of halogens is 1. The number of amides is 1. The van der Waals surface area contributed by atoms with Crippen LogP contribution in [0.15, 0.2) is 23.4 Å². The van der Waals surface area contributed by atoms with E-state index in [9.17, 15) is 19.3 Å². The monoisotopic (exact) mass is 392 g/mol. The number of hydrogen-bond donors (Lipinski definition) is 1. The van der Waals surface area contributed by atoms with Crippen molar-refractivity contribution in [1.82, 2.24) is 9.55 Å². The summed E-state index contributed by atoms with van der Waals surface area (Å²) in [6.45, 7) is 4.00. The average molecular weight is 392 g/mol. The number of benzene rings is 1. The molecule has 1 aromatic heterocycles. The van der Waals surface area contributed by atoms with E-state index in [0.717, 1.165) is 41.5 Å². The van der Waals surface area contributed by atoms with Crippen LogP contribution in [0.3, 0.4) is 0 Å². The lowest BCUT2D eigenvalue weighted by atomic mass is 10.2. The highest BCUT2D eigenvalue weighted by Crippen LogP contribution is 2.35. The number of thioether (sulfide) groups is 1. The van der Waals surface area contributed by atoms with Gasteiger partial charge in [0.1, 0.15) is 0 Å². The zero-order valence-corrected chi connectivity index (χ0v) is 16.0. The van der Waals surface area contributed by atoms with Crippen molar-refractivity contribution in [2.75, 3.05) is 11.1 Å². The Bertz CT molecular complexity index is 878. The number of nitro benzene ring substituents is 1. The quantitative estimate of drug-likeness (QED) is 0.447. The maximum Gasteiger partial charge on any atom is 0.306 e.